The maximum Gasteiger partial charge on any atom is 0.257 e. The smallest absolute Gasteiger partial charge is 0.257 e. The molecule has 1 fully saturated rings. The van der Waals surface area contributed by atoms with Crippen LogP contribution in [0.15, 0.2) is 0 Å². The number of hydrogen-bond acceptors (Lipinski definition) is 2. The highest BCUT2D eigenvalue weighted by atomic mass is 32.1. The van der Waals surface area contributed by atoms with E-state index < -0.39 is 0 Å². The fourth-order valence-corrected chi connectivity index (χ4v) is 2.69. The molecule has 2 nitrogen and oxygen atoms in total. The molecule has 0 radical (unpaired) electrons. The van der Waals surface area contributed by atoms with E-state index in [1.807, 2.05) is 0 Å². The summed E-state index contributed by atoms with van der Waals surface area (Å²) in [5.41, 5.74) is -0.000162. The van der Waals surface area contributed by atoms with Gasteiger partial charge in [0.1, 0.15) is 5.60 Å². The monoisotopic (exact) mass is 201 g/mol. The molecule has 0 saturated carbocycles. The molecule has 76 valence electrons. The lowest BCUT2D eigenvalue weighted by Crippen LogP contribution is -2.56. The van der Waals surface area contributed by atoms with Gasteiger partial charge in [0, 0.05) is 12.0 Å². The van der Waals surface area contributed by atoms with E-state index in [1.165, 1.54) is 0 Å². The maximum atomic E-state index is 5.67. The van der Waals surface area contributed by atoms with Gasteiger partial charge in [-0.25, -0.2) is 0 Å². The number of hydrogen-bond donors (Lipinski definition) is 1. The zero-order valence-electron chi connectivity index (χ0n) is 8.94. The highest BCUT2D eigenvalue weighted by Crippen LogP contribution is 2.32. The third-order valence-electron chi connectivity index (χ3n) is 2.37. The van der Waals surface area contributed by atoms with E-state index >= 15 is 0 Å². The molecule has 0 aromatic heterocycles. The van der Waals surface area contributed by atoms with Gasteiger partial charge in [-0.2, -0.15) is 0 Å². The lowest BCUT2D eigenvalue weighted by Gasteiger charge is -2.44. The van der Waals surface area contributed by atoms with Crippen LogP contribution in [0.2, 0.25) is 0 Å². The van der Waals surface area contributed by atoms with Gasteiger partial charge in [0.2, 0.25) is 0 Å². The molecule has 1 aliphatic heterocycles. The maximum absolute atomic E-state index is 5.67. The fourth-order valence-electron chi connectivity index (χ4n) is 2.21. The van der Waals surface area contributed by atoms with Crippen molar-refractivity contribution in [3.63, 3.8) is 0 Å². The average Bonchev–Trinajstić information content (AvgIpc) is 1.78. The second-order valence-corrected chi connectivity index (χ2v) is 5.15. The van der Waals surface area contributed by atoms with Gasteiger partial charge in [-0.05, 0) is 39.4 Å². The van der Waals surface area contributed by atoms with Crippen LogP contribution in [0.5, 0.6) is 0 Å². The van der Waals surface area contributed by atoms with Gasteiger partial charge >= 0.3 is 0 Å². The Labute approximate surface area is 86.0 Å². The van der Waals surface area contributed by atoms with Crippen LogP contribution >= 0.6 is 12.2 Å². The summed E-state index contributed by atoms with van der Waals surface area (Å²) in [4.78, 5) is 0. The third-order valence-corrected chi connectivity index (χ3v) is 2.56. The van der Waals surface area contributed by atoms with Crippen molar-refractivity contribution < 1.29 is 4.74 Å². The van der Waals surface area contributed by atoms with Crippen LogP contribution in [0.3, 0.4) is 0 Å². The van der Waals surface area contributed by atoms with Gasteiger partial charge in [0.25, 0.3) is 5.17 Å². The zero-order chi connectivity index (χ0) is 10.1. The van der Waals surface area contributed by atoms with Crippen LogP contribution in [-0.4, -0.2) is 16.3 Å². The lowest BCUT2D eigenvalue weighted by molar-refractivity contribution is 0.00497. The highest BCUT2D eigenvalue weighted by Gasteiger charge is 2.39. The van der Waals surface area contributed by atoms with Crippen LogP contribution in [0, 0.1) is 0 Å². The van der Waals surface area contributed by atoms with E-state index in [0.29, 0.717) is 5.17 Å². The SMILES string of the molecule is CCCC1(C)CC(C)(C)NC(=S)O1. The van der Waals surface area contributed by atoms with Gasteiger partial charge in [0.05, 0.1) is 0 Å². The number of thiocarbonyl (C=S) groups is 1. The predicted molar refractivity (Wildman–Crippen MR) is 58.8 cm³/mol. The summed E-state index contributed by atoms with van der Waals surface area (Å²) >= 11 is 5.08. The average molecular weight is 201 g/mol. The van der Waals surface area contributed by atoms with E-state index in [2.05, 4.69) is 33.0 Å². The summed E-state index contributed by atoms with van der Waals surface area (Å²) in [6, 6.07) is 0. The van der Waals surface area contributed by atoms with E-state index in [1.54, 1.807) is 0 Å². The van der Waals surface area contributed by atoms with Gasteiger partial charge in [-0.1, -0.05) is 13.3 Å². The summed E-state index contributed by atoms with van der Waals surface area (Å²) in [6.07, 6.45) is 3.21. The summed E-state index contributed by atoms with van der Waals surface area (Å²) in [6.45, 7) is 8.64. The quantitative estimate of drug-likeness (QED) is 0.694. The Hall–Kier alpha value is -0.310. The molecule has 0 aromatic carbocycles. The van der Waals surface area contributed by atoms with Crippen molar-refractivity contribution in [2.24, 2.45) is 0 Å². The molecule has 1 N–H and O–H groups in total. The molecule has 0 aromatic rings. The van der Waals surface area contributed by atoms with Crippen molar-refractivity contribution in [1.29, 1.82) is 0 Å². The number of ether oxygens (including phenoxy) is 1. The molecule has 0 spiro atoms. The molecule has 13 heavy (non-hydrogen) atoms. The molecule has 1 rings (SSSR count). The molecule has 1 aliphatic rings. The Morgan fingerprint density at radius 1 is 1.46 bits per heavy atom. The van der Waals surface area contributed by atoms with Crippen LogP contribution < -0.4 is 5.32 Å². The topological polar surface area (TPSA) is 21.3 Å². The van der Waals surface area contributed by atoms with E-state index in [-0.39, 0.29) is 11.1 Å². The Morgan fingerprint density at radius 3 is 2.54 bits per heavy atom. The first kappa shape index (κ1) is 10.8. The number of rotatable bonds is 2. The largest absolute Gasteiger partial charge is 0.465 e. The molecule has 0 amide bonds. The van der Waals surface area contributed by atoms with Crippen molar-refractivity contribution in [2.75, 3.05) is 0 Å². The molecule has 1 atom stereocenters. The Kier molecular flexibility index (Phi) is 2.85. The summed E-state index contributed by atoms with van der Waals surface area (Å²) in [5.74, 6) is 0. The van der Waals surface area contributed by atoms with Crippen molar-refractivity contribution >= 4 is 17.4 Å². The van der Waals surface area contributed by atoms with Gasteiger partial charge in [-0.3, -0.25) is 0 Å². The predicted octanol–water partition coefficient (Wildman–Crippen LogP) is 2.62. The first-order chi connectivity index (χ1) is 5.87. The Bertz CT molecular complexity index is 215. The van der Waals surface area contributed by atoms with Crippen molar-refractivity contribution in [3.05, 3.63) is 0 Å². The summed E-state index contributed by atoms with van der Waals surface area (Å²) in [5, 5.41) is 3.73. The molecular formula is C10H19NOS. The third kappa shape index (κ3) is 2.83. The summed E-state index contributed by atoms with van der Waals surface area (Å²) < 4.78 is 5.67. The minimum atomic E-state index is -0.0689. The standard InChI is InChI=1S/C10H19NOS/c1-5-6-10(4)7-9(2,3)11-8(13)12-10/h5-7H2,1-4H3,(H,11,13). The Morgan fingerprint density at radius 2 is 2.08 bits per heavy atom. The van der Waals surface area contributed by atoms with Gasteiger partial charge < -0.3 is 10.1 Å². The molecule has 3 heteroatoms. The van der Waals surface area contributed by atoms with Crippen LogP contribution in [0.25, 0.3) is 0 Å². The van der Waals surface area contributed by atoms with Crippen LogP contribution in [0.1, 0.15) is 47.0 Å². The van der Waals surface area contributed by atoms with E-state index in [4.69, 9.17) is 17.0 Å². The first-order valence-corrected chi connectivity index (χ1v) is 5.29. The molecule has 0 aliphatic carbocycles. The normalized spacial score (nSPS) is 32.2. The number of nitrogens with one attached hydrogen (secondary N) is 1. The first-order valence-electron chi connectivity index (χ1n) is 4.88. The van der Waals surface area contributed by atoms with Crippen molar-refractivity contribution in [3.8, 4) is 0 Å². The molecule has 1 unspecified atom stereocenters. The summed E-state index contributed by atoms with van der Waals surface area (Å²) in [7, 11) is 0. The molecule has 0 bridgehead atoms. The van der Waals surface area contributed by atoms with E-state index in [9.17, 15) is 0 Å². The second kappa shape index (κ2) is 3.45. The minimum absolute atomic E-state index is 0.0687. The molecular weight excluding hydrogens is 182 g/mol. The van der Waals surface area contributed by atoms with Gasteiger partial charge in [-0.15, -0.1) is 0 Å². The minimum Gasteiger partial charge on any atom is -0.465 e. The van der Waals surface area contributed by atoms with Crippen LogP contribution in [-0.2, 0) is 4.74 Å². The zero-order valence-corrected chi connectivity index (χ0v) is 9.75. The van der Waals surface area contributed by atoms with Gasteiger partial charge in [0.15, 0.2) is 0 Å². The highest BCUT2D eigenvalue weighted by molar-refractivity contribution is 7.80. The van der Waals surface area contributed by atoms with Crippen molar-refractivity contribution in [1.82, 2.24) is 5.32 Å². The van der Waals surface area contributed by atoms with Crippen molar-refractivity contribution in [2.45, 2.75) is 58.1 Å². The second-order valence-electron chi connectivity index (χ2n) is 4.78. The lowest BCUT2D eigenvalue weighted by atomic mass is 9.84. The van der Waals surface area contributed by atoms with Crippen LogP contribution in [0.4, 0.5) is 0 Å². The Balaban J connectivity index is 2.72. The molecule has 1 heterocycles. The fraction of sp³-hybridized carbons (Fsp3) is 0.900. The molecule has 1 saturated heterocycles. The van der Waals surface area contributed by atoms with E-state index in [0.717, 1.165) is 19.3 Å².